The van der Waals surface area contributed by atoms with Crippen molar-refractivity contribution < 1.29 is 4.74 Å². The van der Waals surface area contributed by atoms with Gasteiger partial charge < -0.3 is 4.74 Å². The topological polar surface area (TPSA) is 47.3 Å². The first-order valence-corrected chi connectivity index (χ1v) is 7.26. The van der Waals surface area contributed by atoms with Gasteiger partial charge in [-0.2, -0.15) is 0 Å². The van der Waals surface area contributed by atoms with Gasteiger partial charge in [0, 0.05) is 6.61 Å². The maximum absolute atomic E-state index is 5.84. The maximum Gasteiger partial charge on any atom is 0.0744 e. The molecule has 0 saturated heterocycles. The van der Waals surface area contributed by atoms with Gasteiger partial charge in [-0.1, -0.05) is 31.5 Å². The van der Waals surface area contributed by atoms with Crippen molar-refractivity contribution in [1.82, 2.24) is 5.43 Å². The predicted molar refractivity (Wildman–Crippen MR) is 81.1 cm³/mol. The number of nitrogens with one attached hydrogen (secondary N) is 1. The van der Waals surface area contributed by atoms with Gasteiger partial charge in [0.1, 0.15) is 0 Å². The highest BCUT2D eigenvalue weighted by Crippen LogP contribution is 2.18. The number of hydrazine groups is 1. The van der Waals surface area contributed by atoms with Gasteiger partial charge in [-0.25, -0.2) is 0 Å². The van der Waals surface area contributed by atoms with Crippen LogP contribution in [0.25, 0.3) is 0 Å². The molecular formula is C16H28N2O. The summed E-state index contributed by atoms with van der Waals surface area (Å²) < 4.78 is 5.84. The largest absolute Gasteiger partial charge is 0.377 e. The normalized spacial score (nSPS) is 14.4. The van der Waals surface area contributed by atoms with Gasteiger partial charge in [0.15, 0.2) is 0 Å². The van der Waals surface area contributed by atoms with Crippen LogP contribution < -0.4 is 11.3 Å². The van der Waals surface area contributed by atoms with Crippen molar-refractivity contribution in [3.63, 3.8) is 0 Å². The molecule has 0 aliphatic rings. The molecule has 0 aliphatic carbocycles. The van der Waals surface area contributed by atoms with Crippen molar-refractivity contribution >= 4 is 0 Å². The highest BCUT2D eigenvalue weighted by molar-refractivity contribution is 5.34. The van der Waals surface area contributed by atoms with Crippen LogP contribution in [-0.4, -0.2) is 18.8 Å². The summed E-state index contributed by atoms with van der Waals surface area (Å²) in [5, 5.41) is 0. The molecule has 0 saturated carbocycles. The zero-order chi connectivity index (χ0) is 14.3. The Hall–Kier alpha value is -0.900. The number of rotatable bonds is 8. The summed E-state index contributed by atoms with van der Waals surface area (Å²) in [4.78, 5) is 0. The van der Waals surface area contributed by atoms with E-state index in [2.05, 4.69) is 44.4 Å². The number of aryl methyl sites for hydroxylation is 2. The SMILES string of the molecule is CCCC(OCC)C(Cc1c(C)cccc1C)NN. The van der Waals surface area contributed by atoms with Crippen molar-refractivity contribution in [1.29, 1.82) is 0 Å². The Morgan fingerprint density at radius 2 is 1.84 bits per heavy atom. The van der Waals surface area contributed by atoms with Crippen LogP contribution >= 0.6 is 0 Å². The number of hydrogen-bond acceptors (Lipinski definition) is 3. The zero-order valence-electron chi connectivity index (χ0n) is 12.7. The van der Waals surface area contributed by atoms with Gasteiger partial charge in [-0.15, -0.1) is 0 Å². The predicted octanol–water partition coefficient (Wildman–Crippen LogP) is 2.88. The second kappa shape index (κ2) is 8.31. The van der Waals surface area contributed by atoms with Gasteiger partial charge in [0.05, 0.1) is 12.1 Å². The first-order chi connectivity index (χ1) is 9.13. The molecule has 0 fully saturated rings. The third-order valence-corrected chi connectivity index (χ3v) is 3.69. The summed E-state index contributed by atoms with van der Waals surface area (Å²) in [5.41, 5.74) is 6.98. The zero-order valence-corrected chi connectivity index (χ0v) is 12.7. The second-order valence-electron chi connectivity index (χ2n) is 5.13. The van der Waals surface area contributed by atoms with E-state index in [1.165, 1.54) is 16.7 Å². The Labute approximate surface area is 117 Å². The number of hydrogen-bond donors (Lipinski definition) is 2. The lowest BCUT2D eigenvalue weighted by atomic mass is 9.93. The minimum Gasteiger partial charge on any atom is -0.377 e. The molecule has 3 N–H and O–H groups in total. The summed E-state index contributed by atoms with van der Waals surface area (Å²) in [6.45, 7) is 9.26. The molecular weight excluding hydrogens is 236 g/mol. The highest BCUT2D eigenvalue weighted by atomic mass is 16.5. The van der Waals surface area contributed by atoms with E-state index in [4.69, 9.17) is 10.6 Å². The number of benzene rings is 1. The maximum atomic E-state index is 5.84. The fraction of sp³-hybridized carbons (Fsp3) is 0.625. The average molecular weight is 264 g/mol. The molecule has 0 aliphatic heterocycles. The first-order valence-electron chi connectivity index (χ1n) is 7.26. The molecule has 0 aromatic heterocycles. The van der Waals surface area contributed by atoms with E-state index in [9.17, 15) is 0 Å². The summed E-state index contributed by atoms with van der Waals surface area (Å²) in [5.74, 6) is 5.75. The first kappa shape index (κ1) is 16.2. The van der Waals surface area contributed by atoms with E-state index in [1.807, 2.05) is 6.92 Å². The molecule has 0 heterocycles. The van der Waals surface area contributed by atoms with Gasteiger partial charge >= 0.3 is 0 Å². The lowest BCUT2D eigenvalue weighted by Crippen LogP contribution is -2.46. The molecule has 0 amide bonds. The van der Waals surface area contributed by atoms with Crippen LogP contribution in [0.1, 0.15) is 43.4 Å². The van der Waals surface area contributed by atoms with Crippen LogP contribution in [0.2, 0.25) is 0 Å². The van der Waals surface area contributed by atoms with Gasteiger partial charge in [0.25, 0.3) is 0 Å². The minimum absolute atomic E-state index is 0.166. The number of ether oxygens (including phenoxy) is 1. The van der Waals surface area contributed by atoms with Crippen LogP contribution in [-0.2, 0) is 11.2 Å². The fourth-order valence-electron chi connectivity index (χ4n) is 2.59. The fourth-order valence-corrected chi connectivity index (χ4v) is 2.59. The summed E-state index contributed by atoms with van der Waals surface area (Å²) in [6.07, 6.45) is 3.24. The second-order valence-corrected chi connectivity index (χ2v) is 5.13. The van der Waals surface area contributed by atoms with E-state index >= 15 is 0 Å². The Morgan fingerprint density at radius 3 is 2.32 bits per heavy atom. The van der Waals surface area contributed by atoms with Crippen molar-refractivity contribution in [2.75, 3.05) is 6.61 Å². The van der Waals surface area contributed by atoms with Crippen LogP contribution in [0.15, 0.2) is 18.2 Å². The molecule has 19 heavy (non-hydrogen) atoms. The van der Waals surface area contributed by atoms with Crippen LogP contribution in [0, 0.1) is 13.8 Å². The molecule has 3 heteroatoms. The monoisotopic (exact) mass is 264 g/mol. The molecule has 0 bridgehead atoms. The Kier molecular flexibility index (Phi) is 7.06. The Morgan fingerprint density at radius 1 is 1.21 bits per heavy atom. The molecule has 3 nitrogen and oxygen atoms in total. The molecule has 0 radical (unpaired) electrons. The lowest BCUT2D eigenvalue weighted by molar-refractivity contribution is 0.0281. The Bertz CT molecular complexity index is 353. The van der Waals surface area contributed by atoms with E-state index in [0.717, 1.165) is 25.9 Å². The van der Waals surface area contributed by atoms with Crippen LogP contribution in [0.4, 0.5) is 0 Å². The van der Waals surface area contributed by atoms with Crippen molar-refractivity contribution in [3.8, 4) is 0 Å². The smallest absolute Gasteiger partial charge is 0.0744 e. The van der Waals surface area contributed by atoms with Gasteiger partial charge in [0.2, 0.25) is 0 Å². The summed E-state index contributed by atoms with van der Waals surface area (Å²) in [7, 11) is 0. The van der Waals surface area contributed by atoms with E-state index in [-0.39, 0.29) is 12.1 Å². The Balaban J connectivity index is 2.85. The number of nitrogens with two attached hydrogens (primary N) is 1. The van der Waals surface area contributed by atoms with Crippen molar-refractivity contribution in [2.45, 2.75) is 59.1 Å². The molecule has 108 valence electrons. The van der Waals surface area contributed by atoms with E-state index in [0.29, 0.717) is 0 Å². The van der Waals surface area contributed by atoms with Crippen molar-refractivity contribution in [3.05, 3.63) is 34.9 Å². The summed E-state index contributed by atoms with van der Waals surface area (Å²) in [6, 6.07) is 6.58. The third kappa shape index (κ3) is 4.60. The lowest BCUT2D eigenvalue weighted by Gasteiger charge is -2.27. The van der Waals surface area contributed by atoms with E-state index in [1.54, 1.807) is 0 Å². The van der Waals surface area contributed by atoms with Gasteiger partial charge in [-0.05, 0) is 50.3 Å². The van der Waals surface area contributed by atoms with E-state index < -0.39 is 0 Å². The minimum atomic E-state index is 0.166. The molecule has 1 rings (SSSR count). The third-order valence-electron chi connectivity index (χ3n) is 3.69. The molecule has 2 atom stereocenters. The molecule has 2 unspecified atom stereocenters. The van der Waals surface area contributed by atoms with Gasteiger partial charge in [-0.3, -0.25) is 11.3 Å². The molecule has 1 aromatic rings. The van der Waals surface area contributed by atoms with Crippen LogP contribution in [0.3, 0.4) is 0 Å². The molecule has 0 spiro atoms. The standard InChI is InChI=1S/C16H28N2O/c1-5-8-16(19-6-2)15(18-17)11-14-12(3)9-7-10-13(14)4/h7,9-10,15-16,18H,5-6,8,11,17H2,1-4H3. The molecule has 1 aromatic carbocycles. The quantitative estimate of drug-likeness (QED) is 0.560. The van der Waals surface area contributed by atoms with Crippen molar-refractivity contribution in [2.24, 2.45) is 5.84 Å². The highest BCUT2D eigenvalue weighted by Gasteiger charge is 2.21. The van der Waals surface area contributed by atoms with Crippen LogP contribution in [0.5, 0.6) is 0 Å². The average Bonchev–Trinajstić information content (AvgIpc) is 2.38. The summed E-state index contributed by atoms with van der Waals surface area (Å²) >= 11 is 0.